The van der Waals surface area contributed by atoms with Gasteiger partial charge < -0.3 is 4.90 Å². The maximum Gasteiger partial charge on any atom is 0.291 e. The van der Waals surface area contributed by atoms with Gasteiger partial charge >= 0.3 is 0 Å². The summed E-state index contributed by atoms with van der Waals surface area (Å²) in [4.78, 5) is 28.4. The third kappa shape index (κ3) is 5.20. The highest BCUT2D eigenvalue weighted by molar-refractivity contribution is 8.04. The minimum Gasteiger partial charge on any atom is -0.319 e. The highest BCUT2D eigenvalue weighted by atomic mass is 35.5. The van der Waals surface area contributed by atoms with Gasteiger partial charge in [-0.3, -0.25) is 14.9 Å². The summed E-state index contributed by atoms with van der Waals surface area (Å²) < 4.78 is 27.5. The van der Waals surface area contributed by atoms with Gasteiger partial charge in [-0.05, 0) is 54.7 Å². The molecule has 3 aromatic carbocycles. The van der Waals surface area contributed by atoms with E-state index in [1.54, 1.807) is 0 Å². The molecule has 0 radical (unpaired) electrons. The number of hydrogen-bond donors (Lipinski definition) is 1. The van der Waals surface area contributed by atoms with E-state index < -0.39 is 26.8 Å². The molecule has 2 aliphatic rings. The quantitative estimate of drug-likeness (QED) is 0.516. The van der Waals surface area contributed by atoms with Crippen molar-refractivity contribution in [2.45, 2.75) is 37.5 Å². The van der Waals surface area contributed by atoms with Crippen LogP contribution in [0.15, 0.2) is 84.9 Å². The zero-order valence-corrected chi connectivity index (χ0v) is 21.8. The molecule has 2 saturated heterocycles. The molecule has 5 rings (SSSR count). The first kappa shape index (κ1) is 25.6. The van der Waals surface area contributed by atoms with Crippen LogP contribution in [0, 0.1) is 0 Å². The Balaban J connectivity index is 1.37. The lowest BCUT2D eigenvalue weighted by Gasteiger charge is -2.44. The van der Waals surface area contributed by atoms with E-state index in [0.29, 0.717) is 30.8 Å². The smallest absolute Gasteiger partial charge is 0.291 e. The summed E-state index contributed by atoms with van der Waals surface area (Å²) in [7, 11) is -4.21. The third-order valence-corrected chi connectivity index (χ3v) is 9.19. The van der Waals surface area contributed by atoms with Gasteiger partial charge in [0.2, 0.25) is 5.91 Å². The number of rotatable bonds is 6. The first-order valence-corrected chi connectivity index (χ1v) is 14.1. The summed E-state index contributed by atoms with van der Waals surface area (Å²) in [6.07, 6.45) is 1.30. The fraction of sp³-hybridized carbons (Fsp3) is 0.286. The molecular weight excluding hydrogens is 510 g/mol. The van der Waals surface area contributed by atoms with Crippen molar-refractivity contribution < 1.29 is 18.0 Å². The molecule has 0 aliphatic carbocycles. The Hall–Kier alpha value is -3.04. The van der Waals surface area contributed by atoms with Crippen molar-refractivity contribution >= 4 is 32.6 Å². The van der Waals surface area contributed by atoms with E-state index in [2.05, 4.69) is 5.32 Å². The average Bonchev–Trinajstić information content (AvgIpc) is 3.15. The lowest BCUT2D eigenvalue weighted by Crippen LogP contribution is -2.59. The van der Waals surface area contributed by atoms with Crippen LogP contribution in [0.1, 0.15) is 34.3 Å². The number of halogens is 1. The van der Waals surface area contributed by atoms with Crippen LogP contribution >= 0.6 is 11.6 Å². The molecule has 192 valence electrons. The SMILES string of the molecule is O=C1C(Cc2ccccc2)NC2(CCN(S(=O)(=O)C(=O)c3ccc(Cl)cc3)CC2)N1Cc1ccccc1. The van der Waals surface area contributed by atoms with E-state index in [0.717, 1.165) is 11.1 Å². The van der Waals surface area contributed by atoms with Crippen molar-refractivity contribution in [3.8, 4) is 0 Å². The predicted octanol–water partition coefficient (Wildman–Crippen LogP) is 3.85. The maximum atomic E-state index is 13.7. The van der Waals surface area contributed by atoms with Gasteiger partial charge in [0, 0.05) is 30.2 Å². The molecule has 1 atom stereocenters. The van der Waals surface area contributed by atoms with Crippen LogP contribution in [0.3, 0.4) is 0 Å². The molecule has 2 heterocycles. The Bertz CT molecular complexity index is 1370. The summed E-state index contributed by atoms with van der Waals surface area (Å²) >= 11 is 5.88. The van der Waals surface area contributed by atoms with Crippen molar-refractivity contribution in [1.29, 1.82) is 0 Å². The van der Waals surface area contributed by atoms with Crippen LogP contribution in [-0.4, -0.2) is 53.4 Å². The highest BCUT2D eigenvalue weighted by Crippen LogP contribution is 2.35. The number of nitrogens with zero attached hydrogens (tertiary/aromatic N) is 2. The first-order valence-electron chi connectivity index (χ1n) is 12.3. The lowest BCUT2D eigenvalue weighted by atomic mass is 9.96. The fourth-order valence-corrected chi connectivity index (χ4v) is 6.67. The molecule has 37 heavy (non-hydrogen) atoms. The van der Waals surface area contributed by atoms with E-state index in [1.807, 2.05) is 65.6 Å². The molecule has 1 amide bonds. The topological polar surface area (TPSA) is 86.8 Å². The average molecular weight is 538 g/mol. The van der Waals surface area contributed by atoms with Crippen LogP contribution in [0.5, 0.6) is 0 Å². The monoisotopic (exact) mass is 537 g/mol. The molecule has 7 nitrogen and oxygen atoms in total. The number of hydrogen-bond acceptors (Lipinski definition) is 5. The van der Waals surface area contributed by atoms with Gasteiger partial charge in [0.1, 0.15) is 0 Å². The molecule has 2 aliphatic heterocycles. The second kappa shape index (κ2) is 10.4. The summed E-state index contributed by atoms with van der Waals surface area (Å²) in [6, 6.07) is 25.0. The van der Waals surface area contributed by atoms with E-state index in [4.69, 9.17) is 11.6 Å². The molecule has 0 bridgehead atoms. The van der Waals surface area contributed by atoms with E-state index in [-0.39, 0.29) is 24.6 Å². The standard InChI is InChI=1S/C28H28ClN3O4S/c29-24-13-11-23(12-14-24)27(34)37(35,36)31-17-15-28(16-18-31)30-25(19-21-7-3-1-4-8-21)26(33)32(28)20-22-9-5-2-6-10-22/h1-14,25,30H,15-20H2. The first-order chi connectivity index (χ1) is 17.8. The molecule has 9 heteroatoms. The number of nitrogens with one attached hydrogen (secondary N) is 1. The Kier molecular flexibility index (Phi) is 7.18. The van der Waals surface area contributed by atoms with Crippen molar-refractivity contribution in [2.75, 3.05) is 13.1 Å². The normalized spacial score (nSPS) is 19.9. The van der Waals surface area contributed by atoms with Crippen molar-refractivity contribution in [1.82, 2.24) is 14.5 Å². The van der Waals surface area contributed by atoms with Gasteiger partial charge in [0.15, 0.2) is 0 Å². The summed E-state index contributed by atoms with van der Waals surface area (Å²) in [5.41, 5.74) is 1.44. The van der Waals surface area contributed by atoms with Crippen LogP contribution in [0.2, 0.25) is 5.02 Å². The van der Waals surface area contributed by atoms with Gasteiger partial charge in [-0.2, -0.15) is 4.31 Å². The van der Waals surface area contributed by atoms with Crippen molar-refractivity contribution in [3.05, 3.63) is 107 Å². The second-order valence-electron chi connectivity index (χ2n) is 9.53. The molecule has 0 aromatic heterocycles. The summed E-state index contributed by atoms with van der Waals surface area (Å²) in [5.74, 6) is 0.00116. The molecule has 3 aromatic rings. The Morgan fingerprint density at radius 1 is 0.892 bits per heavy atom. The van der Waals surface area contributed by atoms with Gasteiger partial charge in [-0.15, -0.1) is 0 Å². The molecule has 1 unspecified atom stereocenters. The number of piperidine rings is 1. The Morgan fingerprint density at radius 2 is 1.46 bits per heavy atom. The molecule has 1 spiro atoms. The number of sulfonamides is 1. The fourth-order valence-electron chi connectivity index (χ4n) is 5.21. The van der Waals surface area contributed by atoms with Crippen LogP contribution in [0.4, 0.5) is 0 Å². The van der Waals surface area contributed by atoms with E-state index in [9.17, 15) is 18.0 Å². The van der Waals surface area contributed by atoms with Crippen LogP contribution in [0.25, 0.3) is 0 Å². The zero-order valence-electron chi connectivity index (χ0n) is 20.2. The second-order valence-corrected chi connectivity index (χ2v) is 11.8. The molecule has 2 fully saturated rings. The molecular formula is C28H28ClN3O4S. The Labute approximate surface area is 222 Å². The maximum absolute atomic E-state index is 13.7. The molecule has 1 N–H and O–H groups in total. The molecule has 0 saturated carbocycles. The summed E-state index contributed by atoms with van der Waals surface area (Å²) in [5, 5.41) is 3.05. The number of amides is 1. The van der Waals surface area contributed by atoms with Gasteiger partial charge in [0.05, 0.1) is 11.7 Å². The largest absolute Gasteiger partial charge is 0.319 e. The zero-order chi connectivity index (χ0) is 26.0. The predicted molar refractivity (Wildman–Crippen MR) is 142 cm³/mol. The van der Waals surface area contributed by atoms with Crippen LogP contribution < -0.4 is 5.32 Å². The van der Waals surface area contributed by atoms with Gasteiger partial charge in [0.25, 0.3) is 15.1 Å². The minimum atomic E-state index is -4.21. The summed E-state index contributed by atoms with van der Waals surface area (Å²) in [6.45, 7) is 0.686. The van der Waals surface area contributed by atoms with Crippen molar-refractivity contribution in [2.24, 2.45) is 0 Å². The number of benzene rings is 3. The van der Waals surface area contributed by atoms with Crippen LogP contribution in [-0.2, 0) is 27.8 Å². The highest BCUT2D eigenvalue weighted by Gasteiger charge is 2.52. The minimum absolute atomic E-state index is 0.00116. The van der Waals surface area contributed by atoms with E-state index in [1.165, 1.54) is 28.6 Å². The number of carbonyl (C=O) groups excluding carboxylic acids is 2. The van der Waals surface area contributed by atoms with Gasteiger partial charge in [-0.1, -0.05) is 72.3 Å². The van der Waals surface area contributed by atoms with Gasteiger partial charge in [-0.25, -0.2) is 8.42 Å². The van der Waals surface area contributed by atoms with Crippen molar-refractivity contribution in [3.63, 3.8) is 0 Å². The number of carbonyl (C=O) groups is 2. The third-order valence-electron chi connectivity index (χ3n) is 7.19. The Morgan fingerprint density at radius 3 is 2.05 bits per heavy atom. The van der Waals surface area contributed by atoms with E-state index >= 15 is 0 Å². The lowest BCUT2D eigenvalue weighted by molar-refractivity contribution is -0.134.